The molecule has 1 aromatic rings. The number of nitrogens with zero attached hydrogens (tertiary/aromatic N) is 3. The normalized spacial score (nSPS) is 17.3. The van der Waals surface area contributed by atoms with Gasteiger partial charge in [0.2, 0.25) is 0 Å². The summed E-state index contributed by atoms with van der Waals surface area (Å²) in [6.07, 6.45) is 1.71. The van der Waals surface area contributed by atoms with Crippen LogP contribution < -0.4 is 10.2 Å². The standard InChI is InChI=1S/C16H26N4O.2ClH/c1-5-19(12(2)3)15-7-6-14(11-18-15)16(21)20-9-8-17-10-13(20)4;;/h6-7,11-13,17H,5,8-10H2,1-4H3;2*1H/t13-;;/m1../s1. The summed E-state index contributed by atoms with van der Waals surface area (Å²) in [5.41, 5.74) is 0.673. The molecule has 0 spiro atoms. The minimum Gasteiger partial charge on any atom is -0.354 e. The van der Waals surface area contributed by atoms with E-state index >= 15 is 0 Å². The molecular formula is C16H28Cl2N4O. The van der Waals surface area contributed by atoms with Crippen molar-refractivity contribution in [2.24, 2.45) is 0 Å². The van der Waals surface area contributed by atoms with E-state index in [0.717, 1.165) is 32.0 Å². The molecule has 1 amide bonds. The topological polar surface area (TPSA) is 48.5 Å². The van der Waals surface area contributed by atoms with Gasteiger partial charge in [-0.15, -0.1) is 24.8 Å². The number of carbonyl (C=O) groups is 1. The van der Waals surface area contributed by atoms with Gasteiger partial charge in [0.1, 0.15) is 5.82 Å². The smallest absolute Gasteiger partial charge is 0.255 e. The lowest BCUT2D eigenvalue weighted by Crippen LogP contribution is -2.52. The van der Waals surface area contributed by atoms with Gasteiger partial charge in [-0.2, -0.15) is 0 Å². The number of aromatic nitrogens is 1. The van der Waals surface area contributed by atoms with E-state index in [2.05, 4.69) is 42.9 Å². The van der Waals surface area contributed by atoms with E-state index in [1.165, 1.54) is 0 Å². The Morgan fingerprint density at radius 1 is 1.43 bits per heavy atom. The van der Waals surface area contributed by atoms with Crippen LogP contribution in [0.5, 0.6) is 0 Å². The Labute approximate surface area is 151 Å². The first kappa shape index (κ1) is 22.0. The van der Waals surface area contributed by atoms with E-state index in [0.29, 0.717) is 11.6 Å². The Morgan fingerprint density at radius 2 is 2.13 bits per heavy atom. The Kier molecular flexibility index (Phi) is 9.51. The summed E-state index contributed by atoms with van der Waals surface area (Å²) >= 11 is 0. The van der Waals surface area contributed by atoms with Gasteiger partial charge < -0.3 is 15.1 Å². The number of amides is 1. The average Bonchev–Trinajstić information content (AvgIpc) is 2.48. The van der Waals surface area contributed by atoms with Crippen molar-refractivity contribution >= 4 is 36.5 Å². The summed E-state index contributed by atoms with van der Waals surface area (Å²) in [4.78, 5) is 21.1. The van der Waals surface area contributed by atoms with E-state index in [-0.39, 0.29) is 36.8 Å². The van der Waals surface area contributed by atoms with Crippen molar-refractivity contribution in [3.8, 4) is 0 Å². The van der Waals surface area contributed by atoms with Crippen molar-refractivity contribution in [3.05, 3.63) is 23.9 Å². The molecule has 1 aromatic heterocycles. The molecule has 1 atom stereocenters. The van der Waals surface area contributed by atoms with Crippen LogP contribution in [0.2, 0.25) is 0 Å². The van der Waals surface area contributed by atoms with Crippen molar-refractivity contribution in [2.45, 2.75) is 39.8 Å². The van der Waals surface area contributed by atoms with Crippen LogP contribution in [-0.2, 0) is 0 Å². The maximum atomic E-state index is 12.5. The molecular weight excluding hydrogens is 335 g/mol. The highest BCUT2D eigenvalue weighted by molar-refractivity contribution is 5.94. The minimum absolute atomic E-state index is 0. The number of anilines is 1. The number of hydrogen-bond acceptors (Lipinski definition) is 4. The molecule has 1 fully saturated rings. The van der Waals surface area contributed by atoms with Crippen LogP contribution in [-0.4, -0.2) is 54.1 Å². The number of nitrogens with one attached hydrogen (secondary N) is 1. The van der Waals surface area contributed by atoms with Gasteiger partial charge in [0.15, 0.2) is 0 Å². The average molecular weight is 363 g/mol. The third kappa shape index (κ3) is 5.23. The molecule has 1 aliphatic heterocycles. The Bertz CT molecular complexity index is 481. The summed E-state index contributed by atoms with van der Waals surface area (Å²) < 4.78 is 0. The molecule has 1 aliphatic rings. The van der Waals surface area contributed by atoms with E-state index < -0.39 is 0 Å². The Balaban J connectivity index is 0.00000242. The Morgan fingerprint density at radius 3 is 2.61 bits per heavy atom. The number of rotatable bonds is 4. The van der Waals surface area contributed by atoms with Crippen LogP contribution in [0.4, 0.5) is 5.82 Å². The summed E-state index contributed by atoms with van der Waals surface area (Å²) in [7, 11) is 0. The molecule has 132 valence electrons. The maximum absolute atomic E-state index is 12.5. The highest BCUT2D eigenvalue weighted by atomic mass is 35.5. The molecule has 0 aliphatic carbocycles. The van der Waals surface area contributed by atoms with Gasteiger partial charge in [-0.1, -0.05) is 0 Å². The van der Waals surface area contributed by atoms with Gasteiger partial charge >= 0.3 is 0 Å². The number of pyridine rings is 1. The zero-order chi connectivity index (χ0) is 15.4. The lowest BCUT2D eigenvalue weighted by molar-refractivity contribution is 0.0655. The molecule has 2 rings (SSSR count). The summed E-state index contributed by atoms with van der Waals surface area (Å²) in [5, 5.41) is 3.30. The van der Waals surface area contributed by atoms with Gasteiger partial charge in [-0.3, -0.25) is 4.79 Å². The van der Waals surface area contributed by atoms with Crippen LogP contribution in [0.25, 0.3) is 0 Å². The number of hydrogen-bond donors (Lipinski definition) is 1. The van der Waals surface area contributed by atoms with Crippen molar-refractivity contribution in [3.63, 3.8) is 0 Å². The molecule has 1 saturated heterocycles. The van der Waals surface area contributed by atoms with Crippen LogP contribution in [0.15, 0.2) is 18.3 Å². The minimum atomic E-state index is 0. The first-order valence-corrected chi connectivity index (χ1v) is 7.79. The van der Waals surface area contributed by atoms with Gasteiger partial charge in [0.25, 0.3) is 5.91 Å². The van der Waals surface area contributed by atoms with Crippen molar-refractivity contribution in [1.29, 1.82) is 0 Å². The second kappa shape index (κ2) is 9.96. The van der Waals surface area contributed by atoms with E-state index in [9.17, 15) is 4.79 Å². The molecule has 0 radical (unpaired) electrons. The lowest BCUT2D eigenvalue weighted by Gasteiger charge is -2.34. The highest BCUT2D eigenvalue weighted by Crippen LogP contribution is 2.16. The van der Waals surface area contributed by atoms with Crippen LogP contribution >= 0.6 is 24.8 Å². The molecule has 2 heterocycles. The quantitative estimate of drug-likeness (QED) is 0.894. The van der Waals surface area contributed by atoms with E-state index in [1.54, 1.807) is 6.20 Å². The molecule has 0 bridgehead atoms. The summed E-state index contributed by atoms with van der Waals surface area (Å²) in [6, 6.07) is 4.47. The Hall–Kier alpha value is -1.04. The molecule has 0 aromatic carbocycles. The number of halogens is 2. The molecule has 23 heavy (non-hydrogen) atoms. The van der Waals surface area contributed by atoms with Gasteiger partial charge in [-0.25, -0.2) is 4.98 Å². The van der Waals surface area contributed by atoms with Crippen molar-refractivity contribution < 1.29 is 4.79 Å². The second-order valence-electron chi connectivity index (χ2n) is 5.84. The van der Waals surface area contributed by atoms with E-state index in [4.69, 9.17) is 0 Å². The molecule has 0 saturated carbocycles. The SMILES string of the molecule is CCN(c1ccc(C(=O)N2CCNC[C@H]2C)cn1)C(C)C.Cl.Cl. The summed E-state index contributed by atoms with van der Waals surface area (Å²) in [6.45, 7) is 11.9. The highest BCUT2D eigenvalue weighted by Gasteiger charge is 2.24. The maximum Gasteiger partial charge on any atom is 0.255 e. The second-order valence-corrected chi connectivity index (χ2v) is 5.84. The van der Waals surface area contributed by atoms with E-state index in [1.807, 2.05) is 17.0 Å². The molecule has 7 heteroatoms. The van der Waals surface area contributed by atoms with Crippen molar-refractivity contribution in [1.82, 2.24) is 15.2 Å². The first-order chi connectivity index (χ1) is 10.0. The largest absolute Gasteiger partial charge is 0.354 e. The predicted octanol–water partition coefficient (Wildman–Crippen LogP) is 2.59. The zero-order valence-corrected chi connectivity index (χ0v) is 15.9. The van der Waals surface area contributed by atoms with Crippen LogP contribution in [0.1, 0.15) is 38.1 Å². The zero-order valence-electron chi connectivity index (χ0n) is 14.3. The number of piperazine rings is 1. The third-order valence-electron chi connectivity index (χ3n) is 4.02. The lowest BCUT2D eigenvalue weighted by atomic mass is 10.1. The third-order valence-corrected chi connectivity index (χ3v) is 4.02. The summed E-state index contributed by atoms with van der Waals surface area (Å²) in [5.74, 6) is 1.01. The molecule has 5 nitrogen and oxygen atoms in total. The fraction of sp³-hybridized carbons (Fsp3) is 0.625. The monoisotopic (exact) mass is 362 g/mol. The molecule has 1 N–H and O–H groups in total. The van der Waals surface area contributed by atoms with Gasteiger partial charge in [0.05, 0.1) is 5.56 Å². The van der Waals surface area contributed by atoms with Gasteiger partial charge in [-0.05, 0) is 39.8 Å². The van der Waals surface area contributed by atoms with Crippen LogP contribution in [0.3, 0.4) is 0 Å². The number of carbonyl (C=O) groups excluding carboxylic acids is 1. The van der Waals surface area contributed by atoms with Crippen LogP contribution in [0, 0.1) is 0 Å². The first-order valence-electron chi connectivity index (χ1n) is 7.79. The molecule has 0 unspecified atom stereocenters. The van der Waals surface area contributed by atoms with Gasteiger partial charge in [0, 0.05) is 44.5 Å². The fourth-order valence-corrected chi connectivity index (χ4v) is 2.78. The predicted molar refractivity (Wildman–Crippen MR) is 100 cm³/mol. The fourth-order valence-electron chi connectivity index (χ4n) is 2.78. The van der Waals surface area contributed by atoms with Crippen molar-refractivity contribution in [2.75, 3.05) is 31.1 Å².